The number of piperazine rings is 1. The standard InChI is InChI=1S/C37H36F2N8O2S/c1-4-23-8-5-9-24-10-6-12-27(31(23)24)33-32(39)34-28(20-42-33)35(44-37(43-34)49-22-25-11-7-14-45(25)3)46-15-16-47(26(21-46)19-40-2)36(48)29(38)18-30-41-13-17-50-30/h5-6,8-10,12-13,17-18,20,25-26H,4,7,11,14-16,19,21-22H2,1,3H3/b29-18-/t25-,26-/m0/s1. The summed E-state index contributed by atoms with van der Waals surface area (Å²) in [6.45, 7) is 11.5. The number of pyridine rings is 1. The Labute approximate surface area is 292 Å². The van der Waals surface area contributed by atoms with Gasteiger partial charge in [0.05, 0.1) is 5.39 Å². The van der Waals surface area contributed by atoms with E-state index in [1.807, 2.05) is 48.3 Å². The van der Waals surface area contributed by atoms with Crippen LogP contribution in [0.5, 0.6) is 6.01 Å². The maximum Gasteiger partial charge on any atom is 0.319 e. The number of ether oxygens (including phenoxy) is 1. The third-order valence-corrected chi connectivity index (χ3v) is 10.3. The molecule has 0 bridgehead atoms. The molecule has 2 aromatic carbocycles. The molecule has 2 aliphatic heterocycles. The molecule has 0 saturated carbocycles. The SMILES string of the molecule is [C-]#[N+]C[C@H]1CN(c2nc(OC[C@@H]3CCCN3C)nc3c(F)c(-c4cccc5cccc(CC)c45)ncc23)CCN1C(=O)/C(F)=C/c1nccs1. The normalized spacial score (nSPS) is 18.6. The van der Waals surface area contributed by atoms with Gasteiger partial charge in [0.15, 0.2) is 11.6 Å². The summed E-state index contributed by atoms with van der Waals surface area (Å²) in [5.74, 6) is -1.95. The number of nitrogens with zero attached hydrogens (tertiary/aromatic N) is 8. The lowest BCUT2D eigenvalue weighted by Gasteiger charge is -2.39. The van der Waals surface area contributed by atoms with E-state index < -0.39 is 23.6 Å². The molecule has 2 fully saturated rings. The minimum Gasteiger partial charge on any atom is -0.462 e. The highest BCUT2D eigenvalue weighted by Crippen LogP contribution is 2.37. The zero-order chi connectivity index (χ0) is 34.8. The van der Waals surface area contributed by atoms with Crippen LogP contribution in [0.15, 0.2) is 60.0 Å². The quantitative estimate of drug-likeness (QED) is 0.129. The van der Waals surface area contributed by atoms with Crippen molar-refractivity contribution in [3.05, 3.63) is 87.8 Å². The molecule has 10 nitrogen and oxygen atoms in total. The molecule has 256 valence electrons. The Bertz CT molecular complexity index is 2110. The number of benzene rings is 2. The van der Waals surface area contributed by atoms with Crippen LogP contribution in [0.3, 0.4) is 0 Å². The van der Waals surface area contributed by atoms with Crippen molar-refractivity contribution in [2.24, 2.45) is 0 Å². The maximum absolute atomic E-state index is 16.9. The molecule has 3 aromatic heterocycles. The van der Waals surface area contributed by atoms with Crippen LogP contribution in [-0.2, 0) is 11.2 Å². The fraction of sp³-hybridized carbons (Fsp3) is 0.351. The summed E-state index contributed by atoms with van der Waals surface area (Å²) in [5, 5.41) is 4.39. The first-order valence-corrected chi connectivity index (χ1v) is 17.6. The van der Waals surface area contributed by atoms with Gasteiger partial charge in [-0.1, -0.05) is 43.3 Å². The van der Waals surface area contributed by atoms with Crippen LogP contribution >= 0.6 is 11.3 Å². The van der Waals surface area contributed by atoms with Gasteiger partial charge in [0.1, 0.15) is 34.7 Å². The Hall–Kier alpha value is -5.06. The highest BCUT2D eigenvalue weighted by molar-refractivity contribution is 7.10. The lowest BCUT2D eigenvalue weighted by molar-refractivity contribution is -0.130. The summed E-state index contributed by atoms with van der Waals surface area (Å²) in [6, 6.07) is 11.4. The molecule has 0 radical (unpaired) electrons. The molecule has 2 atom stereocenters. The monoisotopic (exact) mass is 694 g/mol. The third-order valence-electron chi connectivity index (χ3n) is 9.60. The summed E-state index contributed by atoms with van der Waals surface area (Å²) in [5.41, 5.74) is 2.01. The molecule has 2 aliphatic rings. The Kier molecular flexibility index (Phi) is 9.65. The van der Waals surface area contributed by atoms with Gasteiger partial charge in [0.2, 0.25) is 6.54 Å². The van der Waals surface area contributed by atoms with E-state index in [1.165, 1.54) is 22.4 Å². The molecule has 0 N–H and O–H groups in total. The summed E-state index contributed by atoms with van der Waals surface area (Å²) < 4.78 is 38.2. The Morgan fingerprint density at radius 2 is 1.98 bits per heavy atom. The second-order valence-corrected chi connectivity index (χ2v) is 13.5. The van der Waals surface area contributed by atoms with Crippen molar-refractivity contribution in [1.82, 2.24) is 29.7 Å². The van der Waals surface area contributed by atoms with E-state index in [2.05, 4.69) is 31.6 Å². The molecule has 50 heavy (non-hydrogen) atoms. The first-order chi connectivity index (χ1) is 24.4. The van der Waals surface area contributed by atoms with Gasteiger partial charge in [0, 0.05) is 55.1 Å². The van der Waals surface area contributed by atoms with Gasteiger partial charge in [0.25, 0.3) is 5.91 Å². The summed E-state index contributed by atoms with van der Waals surface area (Å²) >= 11 is 1.22. The fourth-order valence-corrected chi connectivity index (χ4v) is 7.53. The van der Waals surface area contributed by atoms with Crippen LogP contribution in [0.2, 0.25) is 0 Å². The number of amides is 1. The van der Waals surface area contributed by atoms with E-state index >= 15 is 8.78 Å². The number of thiazole rings is 1. The van der Waals surface area contributed by atoms with E-state index in [0.29, 0.717) is 28.4 Å². The van der Waals surface area contributed by atoms with Gasteiger partial charge in [-0.25, -0.2) is 20.3 Å². The van der Waals surface area contributed by atoms with Crippen molar-refractivity contribution < 1.29 is 18.3 Å². The van der Waals surface area contributed by atoms with Crippen LogP contribution in [0.4, 0.5) is 14.6 Å². The maximum atomic E-state index is 16.9. The number of hydrogen-bond donors (Lipinski definition) is 0. The zero-order valence-corrected chi connectivity index (χ0v) is 28.7. The van der Waals surface area contributed by atoms with Crippen molar-refractivity contribution in [1.29, 1.82) is 0 Å². The van der Waals surface area contributed by atoms with E-state index in [-0.39, 0.29) is 49.4 Å². The molecule has 5 heterocycles. The number of anilines is 1. The van der Waals surface area contributed by atoms with E-state index in [9.17, 15) is 4.79 Å². The molecule has 2 saturated heterocycles. The van der Waals surface area contributed by atoms with Gasteiger partial charge < -0.3 is 24.3 Å². The largest absolute Gasteiger partial charge is 0.462 e. The topological polar surface area (TPSA) is 91.9 Å². The summed E-state index contributed by atoms with van der Waals surface area (Å²) in [6.07, 6.45) is 7.05. The van der Waals surface area contributed by atoms with Gasteiger partial charge >= 0.3 is 6.01 Å². The second kappa shape index (κ2) is 14.4. The molecule has 5 aromatic rings. The van der Waals surface area contributed by atoms with Crippen LogP contribution in [0.25, 0.3) is 43.9 Å². The number of fused-ring (bicyclic) bond motifs is 2. The molecular weight excluding hydrogens is 659 g/mol. The molecule has 0 unspecified atom stereocenters. The van der Waals surface area contributed by atoms with E-state index in [0.717, 1.165) is 48.2 Å². The zero-order valence-electron chi connectivity index (χ0n) is 27.9. The molecule has 13 heteroatoms. The number of aromatic nitrogens is 4. The number of rotatable bonds is 9. The van der Waals surface area contributed by atoms with Crippen molar-refractivity contribution >= 4 is 50.8 Å². The summed E-state index contributed by atoms with van der Waals surface area (Å²) in [7, 11) is 2.05. The van der Waals surface area contributed by atoms with Crippen molar-refractivity contribution in [2.75, 3.05) is 51.3 Å². The Balaban J connectivity index is 1.28. The van der Waals surface area contributed by atoms with Gasteiger partial charge in [-0.15, -0.1) is 11.3 Å². The van der Waals surface area contributed by atoms with Crippen LogP contribution in [0.1, 0.15) is 30.3 Å². The highest BCUT2D eigenvalue weighted by Gasteiger charge is 2.36. The number of aryl methyl sites for hydroxylation is 1. The Morgan fingerprint density at radius 3 is 2.72 bits per heavy atom. The second-order valence-electron chi connectivity index (χ2n) is 12.6. The molecule has 0 aliphatic carbocycles. The van der Waals surface area contributed by atoms with E-state index in [1.54, 1.807) is 11.6 Å². The molecule has 1 amide bonds. The van der Waals surface area contributed by atoms with Crippen molar-refractivity contribution in [3.63, 3.8) is 0 Å². The number of carbonyl (C=O) groups is 1. The number of halogens is 2. The van der Waals surface area contributed by atoms with Crippen molar-refractivity contribution in [3.8, 4) is 17.3 Å². The molecule has 7 rings (SSSR count). The van der Waals surface area contributed by atoms with Gasteiger partial charge in [-0.2, -0.15) is 9.97 Å². The van der Waals surface area contributed by atoms with Crippen LogP contribution < -0.4 is 9.64 Å². The average Bonchev–Trinajstić information content (AvgIpc) is 3.81. The minimum atomic E-state index is -0.943. The predicted molar refractivity (Wildman–Crippen MR) is 191 cm³/mol. The number of likely N-dealkylation sites (N-methyl/N-ethyl adjacent to an activating group) is 1. The number of hydrogen-bond acceptors (Lipinski definition) is 9. The first kappa shape index (κ1) is 33.4. The minimum absolute atomic E-state index is 0.0358. The van der Waals surface area contributed by atoms with Gasteiger partial charge in [-0.05, 0) is 49.2 Å². The fourth-order valence-electron chi connectivity index (χ4n) is 6.98. The molecule has 0 spiro atoms. The number of likely N-dealkylation sites (tertiary alicyclic amines) is 1. The van der Waals surface area contributed by atoms with Crippen LogP contribution in [0, 0.1) is 12.4 Å². The third kappa shape index (κ3) is 6.48. The van der Waals surface area contributed by atoms with Crippen LogP contribution in [-0.4, -0.2) is 94.1 Å². The first-order valence-electron chi connectivity index (χ1n) is 16.7. The summed E-state index contributed by atoms with van der Waals surface area (Å²) in [4.78, 5) is 40.4. The number of carbonyl (C=O) groups excluding carboxylic acids is 1. The van der Waals surface area contributed by atoms with Crippen molar-refractivity contribution in [2.45, 2.75) is 38.3 Å². The lowest BCUT2D eigenvalue weighted by Crippen LogP contribution is -2.56. The lowest BCUT2D eigenvalue weighted by atomic mass is 9.95. The smallest absolute Gasteiger partial charge is 0.319 e. The highest BCUT2D eigenvalue weighted by atomic mass is 32.1. The van der Waals surface area contributed by atoms with Gasteiger partial charge in [-0.3, -0.25) is 9.78 Å². The Morgan fingerprint density at radius 1 is 1.14 bits per heavy atom. The van der Waals surface area contributed by atoms with E-state index in [4.69, 9.17) is 16.3 Å². The molecular formula is C37H36F2N8O2S. The predicted octanol–water partition coefficient (Wildman–Crippen LogP) is 6.42. The average molecular weight is 695 g/mol.